The monoisotopic (exact) mass is 563 g/mol. The van der Waals surface area contributed by atoms with Crippen LogP contribution in [0.25, 0.3) is 5.57 Å². The number of carbonyl (C=O) groups is 4. The summed E-state index contributed by atoms with van der Waals surface area (Å²) in [5, 5.41) is 45.7. The van der Waals surface area contributed by atoms with Crippen LogP contribution in [-0.2, 0) is 20.8 Å². The van der Waals surface area contributed by atoms with Crippen molar-refractivity contribution in [1.82, 2.24) is 4.90 Å². The molecule has 6 N–H and O–H groups in total. The lowest BCUT2D eigenvalue weighted by Crippen LogP contribution is -2.63. The summed E-state index contributed by atoms with van der Waals surface area (Å²) >= 11 is 0. The van der Waals surface area contributed by atoms with Gasteiger partial charge in [-0.1, -0.05) is 6.08 Å². The van der Waals surface area contributed by atoms with E-state index >= 15 is 0 Å². The normalized spacial score (nSPS) is 27.6. The molecule has 1 aromatic carbocycles. The molecule has 11 nitrogen and oxygen atoms in total. The van der Waals surface area contributed by atoms with Crippen molar-refractivity contribution in [2.75, 3.05) is 33.1 Å². The molecule has 11 heteroatoms. The van der Waals surface area contributed by atoms with Crippen molar-refractivity contribution in [2.45, 2.75) is 37.3 Å². The molecule has 216 valence electrons. The van der Waals surface area contributed by atoms with Crippen molar-refractivity contribution < 1.29 is 39.6 Å². The van der Waals surface area contributed by atoms with Crippen LogP contribution in [0.1, 0.15) is 40.7 Å². The van der Waals surface area contributed by atoms with E-state index in [0.717, 1.165) is 6.29 Å². The van der Waals surface area contributed by atoms with Crippen LogP contribution in [0.4, 0.5) is 5.69 Å². The summed E-state index contributed by atoms with van der Waals surface area (Å²) in [5.74, 6) is -6.92. The number of phenolic OH excluding ortho intramolecular Hbond substituents is 1. The number of amides is 1. The first-order valence-corrected chi connectivity index (χ1v) is 13.3. The molecule has 0 radical (unpaired) electrons. The van der Waals surface area contributed by atoms with E-state index in [-0.39, 0.29) is 29.7 Å². The van der Waals surface area contributed by atoms with E-state index in [4.69, 9.17) is 5.73 Å². The van der Waals surface area contributed by atoms with Gasteiger partial charge >= 0.3 is 0 Å². The van der Waals surface area contributed by atoms with Gasteiger partial charge in [-0.2, -0.15) is 0 Å². The largest absolute Gasteiger partial charge is 0.510 e. The van der Waals surface area contributed by atoms with Gasteiger partial charge in [0.05, 0.1) is 11.6 Å². The van der Waals surface area contributed by atoms with Crippen LogP contribution in [0.2, 0.25) is 0 Å². The maximum atomic E-state index is 14.2. The molecule has 1 aromatic rings. The van der Waals surface area contributed by atoms with Gasteiger partial charge in [0.15, 0.2) is 11.4 Å². The predicted octanol–water partition coefficient (Wildman–Crippen LogP) is 1.49. The lowest BCUT2D eigenvalue weighted by Gasteiger charge is -2.50. The smallest absolute Gasteiger partial charge is 0.255 e. The Morgan fingerprint density at radius 2 is 1.83 bits per heavy atom. The number of phenols is 1. The zero-order valence-corrected chi connectivity index (χ0v) is 23.3. The number of anilines is 1. The van der Waals surface area contributed by atoms with E-state index in [9.17, 15) is 39.6 Å². The Kier molecular flexibility index (Phi) is 6.70. The number of rotatable bonds is 5. The van der Waals surface area contributed by atoms with Crippen LogP contribution < -0.4 is 10.6 Å². The van der Waals surface area contributed by atoms with Crippen molar-refractivity contribution in [3.8, 4) is 5.75 Å². The number of aldehydes is 1. The maximum Gasteiger partial charge on any atom is 0.255 e. The van der Waals surface area contributed by atoms with E-state index in [1.165, 1.54) is 4.90 Å². The summed E-state index contributed by atoms with van der Waals surface area (Å²) in [4.78, 5) is 54.6. The van der Waals surface area contributed by atoms with E-state index in [2.05, 4.69) is 0 Å². The zero-order valence-electron chi connectivity index (χ0n) is 23.3. The molecular weight excluding hydrogens is 530 g/mol. The molecule has 0 unspecified atom stereocenters. The number of fused-ring (bicyclic) bond motifs is 3. The van der Waals surface area contributed by atoms with E-state index in [0.29, 0.717) is 40.8 Å². The minimum Gasteiger partial charge on any atom is -0.510 e. The molecule has 0 fully saturated rings. The Bertz CT molecular complexity index is 1550. The number of ketones is 2. The van der Waals surface area contributed by atoms with Crippen LogP contribution >= 0.6 is 0 Å². The molecule has 4 aliphatic carbocycles. The fourth-order valence-corrected chi connectivity index (χ4v) is 6.92. The first-order valence-electron chi connectivity index (χ1n) is 13.3. The van der Waals surface area contributed by atoms with Gasteiger partial charge in [-0.15, -0.1) is 0 Å². The van der Waals surface area contributed by atoms with Crippen LogP contribution in [0.3, 0.4) is 0 Å². The second-order valence-corrected chi connectivity index (χ2v) is 11.5. The van der Waals surface area contributed by atoms with Crippen molar-refractivity contribution >= 4 is 35.0 Å². The molecule has 41 heavy (non-hydrogen) atoms. The van der Waals surface area contributed by atoms with Gasteiger partial charge in [0.25, 0.3) is 5.91 Å². The lowest BCUT2D eigenvalue weighted by molar-refractivity contribution is -0.148. The Labute approximate surface area is 236 Å². The number of primary amides is 1. The molecular formula is C30H33N3O8. The number of nitrogens with zero attached hydrogens (tertiary/aromatic N) is 2. The van der Waals surface area contributed by atoms with Crippen molar-refractivity contribution in [2.24, 2.45) is 17.6 Å². The minimum atomic E-state index is -2.70. The molecule has 5 rings (SSSR count). The van der Waals surface area contributed by atoms with Crippen LogP contribution in [0, 0.1) is 11.8 Å². The first-order chi connectivity index (χ1) is 19.2. The Morgan fingerprint density at radius 3 is 2.41 bits per heavy atom. The highest BCUT2D eigenvalue weighted by Gasteiger charge is 2.63. The summed E-state index contributed by atoms with van der Waals surface area (Å²) in [7, 11) is 6.76. The highest BCUT2D eigenvalue weighted by atomic mass is 16.3. The summed E-state index contributed by atoms with van der Waals surface area (Å²) in [6.45, 7) is 0. The Morgan fingerprint density at radius 1 is 1.15 bits per heavy atom. The average Bonchev–Trinajstić information content (AvgIpc) is 2.90. The number of Topliss-reactive ketones (excluding diaryl/α,β-unsaturated/α-hetero) is 2. The van der Waals surface area contributed by atoms with Gasteiger partial charge in [0, 0.05) is 36.8 Å². The number of allylic oxidation sites excluding steroid dienone is 5. The molecule has 0 aliphatic heterocycles. The van der Waals surface area contributed by atoms with Crippen LogP contribution in [-0.4, -0.2) is 88.9 Å². The number of hydrogen-bond acceptors (Lipinski definition) is 10. The Balaban J connectivity index is 1.74. The third kappa shape index (κ3) is 3.94. The Hall–Kier alpha value is -4.22. The van der Waals surface area contributed by atoms with Gasteiger partial charge in [0.1, 0.15) is 29.1 Å². The quantitative estimate of drug-likeness (QED) is 0.260. The predicted molar refractivity (Wildman–Crippen MR) is 149 cm³/mol. The molecule has 0 aromatic heterocycles. The molecule has 4 atom stereocenters. The third-order valence-electron chi connectivity index (χ3n) is 8.78. The van der Waals surface area contributed by atoms with E-state index in [1.54, 1.807) is 45.2 Å². The fraction of sp³-hybridized carbons (Fsp3) is 0.400. The van der Waals surface area contributed by atoms with Crippen molar-refractivity contribution in [1.29, 1.82) is 0 Å². The maximum absolute atomic E-state index is 14.2. The van der Waals surface area contributed by atoms with E-state index in [1.807, 2.05) is 6.08 Å². The number of aliphatic hydroxyl groups excluding tert-OH is 2. The summed E-state index contributed by atoms with van der Waals surface area (Å²) in [6.07, 6.45) is 5.59. The SMILES string of the molecule is CN(C)c1cc(C2=CCCC(C=O)=C2)c(O)c2c1C[C@H]1C[C@H]3[C@H](N(C)C)C(O)=C(C(N)=O)C(=O)[C@@]3(O)C(O)=C1C2=O. The fourth-order valence-electron chi connectivity index (χ4n) is 6.92. The molecule has 4 aliphatic rings. The van der Waals surface area contributed by atoms with Crippen LogP contribution in [0.5, 0.6) is 5.75 Å². The third-order valence-corrected chi connectivity index (χ3v) is 8.78. The second kappa shape index (κ2) is 9.71. The van der Waals surface area contributed by atoms with Gasteiger partial charge in [0.2, 0.25) is 5.78 Å². The first kappa shape index (κ1) is 28.3. The number of aromatic hydroxyl groups is 1. The molecule has 0 bridgehead atoms. The van der Waals surface area contributed by atoms with Crippen LogP contribution in [0.15, 0.2) is 46.5 Å². The molecule has 1 amide bonds. The second-order valence-electron chi connectivity index (χ2n) is 11.5. The zero-order chi connectivity index (χ0) is 30.1. The lowest BCUT2D eigenvalue weighted by atomic mass is 9.58. The average molecular weight is 564 g/mol. The van der Waals surface area contributed by atoms with Crippen molar-refractivity contribution in [3.63, 3.8) is 0 Å². The summed E-state index contributed by atoms with van der Waals surface area (Å²) in [6, 6.07) is 0.702. The number of benzene rings is 1. The number of hydrogen-bond donors (Lipinski definition) is 5. The van der Waals surface area contributed by atoms with Gasteiger partial charge in [-0.05, 0) is 74.5 Å². The number of carbonyl (C=O) groups excluding carboxylic acids is 4. The molecule has 0 saturated carbocycles. The highest BCUT2D eigenvalue weighted by Crippen LogP contribution is 2.54. The number of nitrogens with two attached hydrogens (primary N) is 1. The van der Waals surface area contributed by atoms with Gasteiger partial charge in [-0.3, -0.25) is 24.1 Å². The van der Waals surface area contributed by atoms with Gasteiger partial charge < -0.3 is 31.1 Å². The summed E-state index contributed by atoms with van der Waals surface area (Å²) in [5.41, 5.74) is 4.18. The molecule has 0 spiro atoms. The van der Waals surface area contributed by atoms with E-state index < -0.39 is 58.0 Å². The summed E-state index contributed by atoms with van der Waals surface area (Å²) < 4.78 is 0. The standard InChI is InChI=1S/C30H33N3O8/c1-32(2)19-11-16(14-7-5-6-13(8-14)12-34)24(35)21-17(19)9-15-10-18-23(33(3)4)26(37)22(29(31)40)28(39)30(18,41)27(38)20(15)25(21)36/h7-8,11-12,15,18,23,35,37-38,41H,5-6,9-10H2,1-4H3,(H2,31,40)/t15-,18-,23-,30-/m0/s1. The van der Waals surface area contributed by atoms with Crippen molar-refractivity contribution in [3.05, 3.63) is 63.1 Å². The highest BCUT2D eigenvalue weighted by molar-refractivity contribution is 6.25. The molecule has 0 saturated heterocycles. The molecule has 0 heterocycles. The minimum absolute atomic E-state index is 0.0116. The number of likely N-dealkylation sites (N-methyl/N-ethyl adjacent to an activating group) is 1. The topological polar surface area (TPSA) is 182 Å². The van der Waals surface area contributed by atoms with Gasteiger partial charge in [-0.25, -0.2) is 0 Å². The number of aliphatic hydroxyl groups is 3.